The molecule has 0 amide bonds. The normalized spacial score (nSPS) is 14.9. The number of hydrogen-bond acceptors (Lipinski definition) is 5. The molecule has 0 unspecified atom stereocenters. The third kappa shape index (κ3) is 3.54. The van der Waals surface area contributed by atoms with Gasteiger partial charge in [0.25, 0.3) is 0 Å². The van der Waals surface area contributed by atoms with Crippen molar-refractivity contribution in [3.8, 4) is 6.07 Å². The molecule has 5 nitrogen and oxygen atoms in total. The molecule has 4 rings (SSSR count). The van der Waals surface area contributed by atoms with Crippen molar-refractivity contribution < 1.29 is 0 Å². The molecule has 0 radical (unpaired) electrons. The zero-order chi connectivity index (χ0) is 18.8. The van der Waals surface area contributed by atoms with Crippen LogP contribution in [0, 0.1) is 11.3 Å². The summed E-state index contributed by atoms with van der Waals surface area (Å²) in [5, 5.41) is 11.0. The number of benzene rings is 1. The van der Waals surface area contributed by atoms with Gasteiger partial charge in [0, 0.05) is 54.7 Å². The number of halogens is 1. The van der Waals surface area contributed by atoms with E-state index in [9.17, 15) is 5.26 Å². The van der Waals surface area contributed by atoms with Crippen molar-refractivity contribution in [3.63, 3.8) is 0 Å². The highest BCUT2D eigenvalue weighted by Crippen LogP contribution is 2.28. The molecule has 1 fully saturated rings. The third-order valence-corrected chi connectivity index (χ3v) is 5.51. The molecule has 0 bridgehead atoms. The summed E-state index contributed by atoms with van der Waals surface area (Å²) in [4.78, 5) is 13.5. The van der Waals surface area contributed by atoms with E-state index in [0.717, 1.165) is 42.7 Å². The van der Waals surface area contributed by atoms with Gasteiger partial charge >= 0.3 is 0 Å². The zero-order valence-electron chi connectivity index (χ0n) is 15.1. The van der Waals surface area contributed by atoms with Crippen LogP contribution in [-0.4, -0.2) is 36.1 Å². The van der Waals surface area contributed by atoms with E-state index in [2.05, 4.69) is 40.0 Å². The average molecular weight is 378 g/mol. The second kappa shape index (κ2) is 7.42. The van der Waals surface area contributed by atoms with Gasteiger partial charge in [-0.1, -0.05) is 11.6 Å². The molecule has 3 heterocycles. The zero-order valence-corrected chi connectivity index (χ0v) is 15.9. The predicted octanol–water partition coefficient (Wildman–Crippen LogP) is 4.26. The number of rotatable bonds is 3. The van der Waals surface area contributed by atoms with E-state index in [1.165, 1.54) is 5.69 Å². The summed E-state index contributed by atoms with van der Waals surface area (Å²) in [7, 11) is 2.07. The van der Waals surface area contributed by atoms with Gasteiger partial charge in [-0.25, -0.2) is 4.98 Å². The van der Waals surface area contributed by atoms with Crippen molar-refractivity contribution in [3.05, 3.63) is 59.4 Å². The number of anilines is 2. The molecule has 6 heteroatoms. The lowest BCUT2D eigenvalue weighted by molar-refractivity contribution is 0.480. The largest absolute Gasteiger partial charge is 0.371 e. The van der Waals surface area contributed by atoms with Crippen LogP contribution in [0.15, 0.2) is 48.8 Å². The molecule has 1 saturated heterocycles. The Morgan fingerprint density at radius 1 is 1.15 bits per heavy atom. The van der Waals surface area contributed by atoms with Gasteiger partial charge in [-0.2, -0.15) is 5.26 Å². The Kier molecular flexibility index (Phi) is 4.83. The summed E-state index contributed by atoms with van der Waals surface area (Å²) in [6.07, 6.45) is 5.76. The molecule has 0 aliphatic carbocycles. The number of nitrogens with zero attached hydrogens (tertiary/aromatic N) is 5. The maximum Gasteiger partial charge on any atom is 0.130 e. The van der Waals surface area contributed by atoms with E-state index in [0.29, 0.717) is 16.6 Å². The first-order valence-electron chi connectivity index (χ1n) is 9.04. The van der Waals surface area contributed by atoms with Crippen LogP contribution >= 0.6 is 11.6 Å². The Bertz CT molecular complexity index is 991. The number of pyridine rings is 2. The van der Waals surface area contributed by atoms with Crippen LogP contribution in [0.25, 0.3) is 10.9 Å². The van der Waals surface area contributed by atoms with Gasteiger partial charge in [-0.3, -0.25) is 4.98 Å². The third-order valence-electron chi connectivity index (χ3n) is 5.28. The molecule has 2 aromatic heterocycles. The molecule has 1 aromatic carbocycles. The van der Waals surface area contributed by atoms with E-state index in [1.807, 2.05) is 30.6 Å². The second-order valence-electron chi connectivity index (χ2n) is 6.84. The minimum absolute atomic E-state index is 0.395. The molecule has 3 aromatic rings. The monoisotopic (exact) mass is 377 g/mol. The Hall–Kier alpha value is -2.84. The van der Waals surface area contributed by atoms with Gasteiger partial charge in [-0.15, -0.1) is 0 Å². The Morgan fingerprint density at radius 3 is 2.59 bits per heavy atom. The number of nitriles is 1. The average Bonchev–Trinajstić information content (AvgIpc) is 2.73. The summed E-state index contributed by atoms with van der Waals surface area (Å²) in [5.41, 5.74) is 2.63. The van der Waals surface area contributed by atoms with Gasteiger partial charge < -0.3 is 9.80 Å². The first-order valence-corrected chi connectivity index (χ1v) is 9.42. The summed E-state index contributed by atoms with van der Waals surface area (Å²) in [5.74, 6) is 0.837. The first kappa shape index (κ1) is 17.6. The lowest BCUT2D eigenvalue weighted by atomic mass is 10.0. The van der Waals surface area contributed by atoms with Gasteiger partial charge in [0.2, 0.25) is 0 Å². The van der Waals surface area contributed by atoms with Gasteiger partial charge in [-0.05, 0) is 49.2 Å². The Balaban J connectivity index is 1.54. The highest BCUT2D eigenvalue weighted by molar-refractivity contribution is 6.31. The molecule has 0 atom stereocenters. The van der Waals surface area contributed by atoms with Crippen molar-refractivity contribution in [1.29, 1.82) is 5.26 Å². The van der Waals surface area contributed by atoms with Crippen molar-refractivity contribution in [2.24, 2.45) is 0 Å². The maximum atomic E-state index is 9.55. The summed E-state index contributed by atoms with van der Waals surface area (Å²) >= 11 is 6.08. The minimum atomic E-state index is 0.395. The molecule has 1 aliphatic rings. The van der Waals surface area contributed by atoms with Crippen LogP contribution in [0.1, 0.15) is 18.4 Å². The molecule has 0 spiro atoms. The molecular weight excluding hydrogens is 358 g/mol. The lowest BCUT2D eigenvalue weighted by Crippen LogP contribution is -2.43. The van der Waals surface area contributed by atoms with E-state index in [1.54, 1.807) is 6.07 Å². The van der Waals surface area contributed by atoms with Crippen LogP contribution < -0.4 is 9.80 Å². The standard InChI is InChI=1S/C21H20ClN5/c1-26(17-6-10-27(11-7-17)18-4-8-24-9-5-18)21-12-15(14-23)19-13-16(22)2-3-20(19)25-21/h2-5,8-9,12-13,17H,6-7,10-11H2,1H3. The maximum absolute atomic E-state index is 9.55. The van der Waals surface area contributed by atoms with E-state index < -0.39 is 0 Å². The molecule has 27 heavy (non-hydrogen) atoms. The fourth-order valence-electron chi connectivity index (χ4n) is 3.71. The molecule has 0 N–H and O–H groups in total. The van der Waals surface area contributed by atoms with E-state index >= 15 is 0 Å². The number of piperidine rings is 1. The topological polar surface area (TPSA) is 56.1 Å². The highest BCUT2D eigenvalue weighted by Gasteiger charge is 2.24. The Morgan fingerprint density at radius 2 is 1.89 bits per heavy atom. The van der Waals surface area contributed by atoms with Crippen molar-refractivity contribution in [1.82, 2.24) is 9.97 Å². The SMILES string of the molecule is CN(c1cc(C#N)c2cc(Cl)ccc2n1)C1CCN(c2ccncc2)CC1. The smallest absolute Gasteiger partial charge is 0.130 e. The van der Waals surface area contributed by atoms with Gasteiger partial charge in [0.05, 0.1) is 17.1 Å². The fourth-order valence-corrected chi connectivity index (χ4v) is 3.88. The van der Waals surface area contributed by atoms with E-state index in [-0.39, 0.29) is 0 Å². The van der Waals surface area contributed by atoms with Crippen LogP contribution in [0.3, 0.4) is 0 Å². The van der Waals surface area contributed by atoms with Crippen LogP contribution in [-0.2, 0) is 0 Å². The quantitative estimate of drug-likeness (QED) is 0.682. The predicted molar refractivity (Wildman–Crippen MR) is 109 cm³/mol. The molecule has 1 aliphatic heterocycles. The second-order valence-corrected chi connectivity index (χ2v) is 7.27. The lowest BCUT2D eigenvalue weighted by Gasteiger charge is -2.38. The van der Waals surface area contributed by atoms with Crippen LogP contribution in [0.2, 0.25) is 5.02 Å². The molecule has 0 saturated carbocycles. The number of fused-ring (bicyclic) bond motifs is 1. The van der Waals surface area contributed by atoms with Crippen molar-refractivity contribution >= 4 is 34.0 Å². The fraction of sp³-hybridized carbons (Fsp3) is 0.286. The minimum Gasteiger partial charge on any atom is -0.371 e. The van der Waals surface area contributed by atoms with Crippen LogP contribution in [0.5, 0.6) is 0 Å². The first-order chi connectivity index (χ1) is 13.2. The van der Waals surface area contributed by atoms with Crippen molar-refractivity contribution in [2.75, 3.05) is 29.9 Å². The van der Waals surface area contributed by atoms with Crippen molar-refractivity contribution in [2.45, 2.75) is 18.9 Å². The van der Waals surface area contributed by atoms with Gasteiger partial charge in [0.1, 0.15) is 5.82 Å². The van der Waals surface area contributed by atoms with Gasteiger partial charge in [0.15, 0.2) is 0 Å². The number of hydrogen-bond donors (Lipinski definition) is 0. The number of aromatic nitrogens is 2. The summed E-state index contributed by atoms with van der Waals surface area (Å²) < 4.78 is 0. The van der Waals surface area contributed by atoms with E-state index in [4.69, 9.17) is 16.6 Å². The molecule has 136 valence electrons. The van der Waals surface area contributed by atoms with Crippen LogP contribution in [0.4, 0.5) is 11.5 Å². The Labute approximate surface area is 163 Å². The molecular formula is C21H20ClN5. The summed E-state index contributed by atoms with van der Waals surface area (Å²) in [6, 6.07) is 14.2. The highest BCUT2D eigenvalue weighted by atomic mass is 35.5. The summed E-state index contributed by atoms with van der Waals surface area (Å²) in [6.45, 7) is 1.99.